The van der Waals surface area contributed by atoms with Crippen LogP contribution < -0.4 is 0 Å². The van der Waals surface area contributed by atoms with Crippen LogP contribution in [0.1, 0.15) is 48.4 Å². The van der Waals surface area contributed by atoms with Crippen molar-refractivity contribution in [2.75, 3.05) is 6.61 Å². The predicted molar refractivity (Wildman–Crippen MR) is 110 cm³/mol. The van der Waals surface area contributed by atoms with Crippen LogP contribution in [0.25, 0.3) is 16.7 Å². The number of hydrogen-bond donors (Lipinski definition) is 0. The molecule has 0 saturated carbocycles. The molecule has 1 aromatic carbocycles. The van der Waals surface area contributed by atoms with Gasteiger partial charge in [0, 0.05) is 0 Å². The van der Waals surface area contributed by atoms with Gasteiger partial charge in [0.05, 0.1) is 28.4 Å². The van der Waals surface area contributed by atoms with E-state index >= 15 is 0 Å². The first kappa shape index (κ1) is 23.0. The number of ether oxygens (including phenoxy) is 1. The third kappa shape index (κ3) is 5.19. The Labute approximate surface area is 183 Å². The summed E-state index contributed by atoms with van der Waals surface area (Å²) >= 11 is 7.24. The second kappa shape index (κ2) is 10.5. The van der Waals surface area contributed by atoms with Gasteiger partial charge < -0.3 is 4.74 Å². The van der Waals surface area contributed by atoms with Crippen LogP contribution in [0.4, 0.5) is 0 Å². The Kier molecular flexibility index (Phi) is 8.59. The van der Waals surface area contributed by atoms with Gasteiger partial charge in [0.1, 0.15) is 0 Å². The number of esters is 1. The van der Waals surface area contributed by atoms with Crippen LogP contribution in [-0.2, 0) is 17.9 Å². The van der Waals surface area contributed by atoms with Gasteiger partial charge >= 0.3 is 39.3 Å². The minimum atomic E-state index is -0.491. The molecule has 2 aromatic heterocycles. The summed E-state index contributed by atoms with van der Waals surface area (Å²) in [5.41, 5.74) is 3.58. The maximum absolute atomic E-state index is 12.1. The minimum absolute atomic E-state index is 0.168. The van der Waals surface area contributed by atoms with Crippen LogP contribution in [0.3, 0.4) is 0 Å². The molecule has 0 fully saturated rings. The monoisotopic (exact) mass is 490 g/mol. The molecule has 0 aliphatic rings. The molecule has 0 radical (unpaired) electrons. The van der Waals surface area contributed by atoms with Crippen LogP contribution in [-0.4, -0.2) is 27.3 Å². The summed E-state index contributed by atoms with van der Waals surface area (Å²) in [5, 5.41) is 5.95. The summed E-state index contributed by atoms with van der Waals surface area (Å²) in [5.74, 6) is -0.323. The molecular formula is C19H20Cl3CuN3O2. The van der Waals surface area contributed by atoms with Gasteiger partial charge in [-0.3, -0.25) is 0 Å². The van der Waals surface area contributed by atoms with Crippen LogP contribution in [0.5, 0.6) is 0 Å². The molecule has 0 N–H and O–H groups in total. The van der Waals surface area contributed by atoms with E-state index in [0.29, 0.717) is 10.7 Å². The van der Waals surface area contributed by atoms with Crippen molar-refractivity contribution in [3.05, 3.63) is 52.3 Å². The van der Waals surface area contributed by atoms with E-state index in [2.05, 4.69) is 39.0 Å². The van der Waals surface area contributed by atoms with E-state index in [1.54, 1.807) is 17.7 Å². The molecular weight excluding hydrogens is 472 g/mol. The van der Waals surface area contributed by atoms with Crippen molar-refractivity contribution in [3.63, 3.8) is 0 Å². The quantitative estimate of drug-likeness (QED) is 0.328. The van der Waals surface area contributed by atoms with Crippen molar-refractivity contribution in [1.82, 2.24) is 14.8 Å². The standard InChI is InChI=1S/C19H20ClN3O2.2ClH.Cu/c1-5-25-19(24)15-10-14(20)16-17(11(2)3)22-23(18(16)21-15)13-8-6-7-12(4)9-13;;;/h6-11H,5H2,1-4H3;2*1H;/q;;;+2/p-2. The Morgan fingerprint density at radius 1 is 1.29 bits per heavy atom. The van der Waals surface area contributed by atoms with Crippen LogP contribution >= 0.6 is 31.8 Å². The van der Waals surface area contributed by atoms with Crippen LogP contribution in [0.15, 0.2) is 30.3 Å². The molecule has 3 rings (SSSR count). The number of nitrogens with zero attached hydrogens (tertiary/aromatic N) is 3. The van der Waals surface area contributed by atoms with Crippen LogP contribution in [0.2, 0.25) is 5.02 Å². The van der Waals surface area contributed by atoms with E-state index in [1.807, 2.05) is 31.2 Å². The van der Waals surface area contributed by atoms with Gasteiger partial charge in [-0.15, -0.1) is 0 Å². The Morgan fingerprint density at radius 3 is 2.54 bits per heavy atom. The number of benzene rings is 1. The first-order valence-corrected chi connectivity index (χ1v) is 11.5. The fourth-order valence-corrected chi connectivity index (χ4v) is 3.03. The van der Waals surface area contributed by atoms with Gasteiger partial charge in [-0.25, -0.2) is 14.5 Å². The molecule has 5 nitrogen and oxygen atoms in total. The zero-order chi connectivity index (χ0) is 20.8. The van der Waals surface area contributed by atoms with E-state index < -0.39 is 5.97 Å². The third-order valence-electron chi connectivity index (χ3n) is 3.89. The summed E-state index contributed by atoms with van der Waals surface area (Å²) in [4.78, 5) is 16.6. The number of halogens is 3. The van der Waals surface area contributed by atoms with Crippen molar-refractivity contribution in [1.29, 1.82) is 0 Å². The first-order chi connectivity index (χ1) is 13.3. The molecule has 28 heavy (non-hydrogen) atoms. The Hall–Kier alpha value is -1.30. The third-order valence-corrected chi connectivity index (χ3v) is 4.19. The van der Waals surface area contributed by atoms with Crippen molar-refractivity contribution in [2.45, 2.75) is 33.6 Å². The average molecular weight is 492 g/mol. The summed E-state index contributed by atoms with van der Waals surface area (Å²) < 4.78 is 6.80. The Morgan fingerprint density at radius 2 is 1.96 bits per heavy atom. The topological polar surface area (TPSA) is 57.0 Å². The van der Waals surface area contributed by atoms with Gasteiger partial charge in [0.25, 0.3) is 0 Å². The van der Waals surface area contributed by atoms with E-state index in [-0.39, 0.29) is 18.2 Å². The summed E-state index contributed by atoms with van der Waals surface area (Å²) in [7, 11) is 9.34. The van der Waals surface area contributed by atoms with Gasteiger partial charge in [-0.2, -0.15) is 5.10 Å². The van der Waals surface area contributed by atoms with E-state index in [0.717, 1.165) is 35.5 Å². The molecule has 155 valence electrons. The SMILES string of the molecule is CCOC(=O)c1cc(Cl)c2c(C(C)C)nn(-c3cccc(C)c3)c2n1.[Cl][Cu][Cl]. The molecule has 0 aliphatic heterocycles. The molecule has 2 heterocycles. The molecule has 0 spiro atoms. The number of carbonyl (C=O) groups excluding carboxylic acids is 1. The Bertz CT molecular complexity index is 976. The molecule has 0 saturated heterocycles. The number of aromatic nitrogens is 3. The van der Waals surface area contributed by atoms with E-state index in [1.165, 1.54) is 0 Å². The number of pyridine rings is 1. The summed E-state index contributed by atoms with van der Waals surface area (Å²) in [6.45, 7) is 8.16. The Balaban J connectivity index is 0.000000878. The second-order valence-electron chi connectivity index (χ2n) is 6.24. The van der Waals surface area contributed by atoms with Crippen molar-refractivity contribution >= 4 is 48.8 Å². The zero-order valence-corrected chi connectivity index (χ0v) is 19.0. The van der Waals surface area contributed by atoms with E-state index in [4.69, 9.17) is 21.4 Å². The number of rotatable bonds is 4. The van der Waals surface area contributed by atoms with Crippen molar-refractivity contribution in [2.24, 2.45) is 0 Å². The average Bonchev–Trinajstić information content (AvgIpc) is 3.03. The van der Waals surface area contributed by atoms with E-state index in [9.17, 15) is 4.79 Å². The zero-order valence-electron chi connectivity index (χ0n) is 15.8. The van der Waals surface area contributed by atoms with Crippen LogP contribution in [0, 0.1) is 6.92 Å². The normalized spacial score (nSPS) is 10.9. The van der Waals surface area contributed by atoms with Gasteiger partial charge in [-0.05, 0) is 43.5 Å². The van der Waals surface area contributed by atoms with Gasteiger partial charge in [0.15, 0.2) is 11.3 Å². The second-order valence-corrected chi connectivity index (χ2v) is 8.20. The molecule has 0 amide bonds. The van der Waals surface area contributed by atoms with Crippen molar-refractivity contribution in [3.8, 4) is 5.69 Å². The molecule has 0 bridgehead atoms. The summed E-state index contributed by atoms with van der Waals surface area (Å²) in [6.07, 6.45) is 0. The number of carbonyl (C=O) groups is 1. The molecule has 3 aromatic rings. The number of fused-ring (bicyclic) bond motifs is 1. The predicted octanol–water partition coefficient (Wildman–Crippen LogP) is 6.06. The molecule has 0 aliphatic carbocycles. The molecule has 0 unspecified atom stereocenters. The fraction of sp³-hybridized carbons (Fsp3) is 0.316. The summed E-state index contributed by atoms with van der Waals surface area (Å²) in [6, 6.07) is 9.50. The number of aryl methyl sites for hydroxylation is 1. The maximum atomic E-state index is 12.1. The van der Waals surface area contributed by atoms with Gasteiger partial charge in [-0.1, -0.05) is 37.6 Å². The first-order valence-electron chi connectivity index (χ1n) is 8.48. The van der Waals surface area contributed by atoms with Gasteiger partial charge in [0.2, 0.25) is 0 Å². The molecule has 9 heteroatoms. The van der Waals surface area contributed by atoms with Crippen molar-refractivity contribution < 1.29 is 22.7 Å². The fourth-order valence-electron chi connectivity index (χ4n) is 2.75. The number of hydrogen-bond acceptors (Lipinski definition) is 4. The molecule has 0 atom stereocenters.